The van der Waals surface area contributed by atoms with E-state index in [0.29, 0.717) is 31.8 Å². The number of piperidine rings is 1. The Balaban J connectivity index is 1.44. The number of amides is 2. The summed E-state index contributed by atoms with van der Waals surface area (Å²) in [5.41, 5.74) is 1.55. The molecule has 0 aliphatic carbocycles. The van der Waals surface area contributed by atoms with E-state index in [1.165, 1.54) is 19.2 Å². The number of rotatable bonds is 5. The van der Waals surface area contributed by atoms with E-state index in [0.717, 1.165) is 29.7 Å². The van der Waals surface area contributed by atoms with E-state index in [1.807, 2.05) is 32.9 Å². The Kier molecular flexibility index (Phi) is 6.84. The van der Waals surface area contributed by atoms with Gasteiger partial charge in [-0.2, -0.15) is 0 Å². The molecule has 0 unspecified atom stereocenters. The van der Waals surface area contributed by atoms with Gasteiger partial charge in [-0.25, -0.2) is 9.59 Å². The van der Waals surface area contributed by atoms with Crippen LogP contribution in [0, 0.1) is 0 Å². The predicted octanol–water partition coefficient (Wildman–Crippen LogP) is 3.98. The van der Waals surface area contributed by atoms with Crippen molar-refractivity contribution in [3.63, 3.8) is 0 Å². The van der Waals surface area contributed by atoms with Gasteiger partial charge >= 0.3 is 12.1 Å². The minimum Gasteiger partial charge on any atom is -0.496 e. The number of likely N-dealkylation sites (tertiary alicyclic amines) is 1. The second kappa shape index (κ2) is 9.72. The molecule has 2 amide bonds. The Bertz CT molecular complexity index is 1180. The van der Waals surface area contributed by atoms with Gasteiger partial charge in [0.25, 0.3) is 5.91 Å². The van der Waals surface area contributed by atoms with E-state index in [2.05, 4.69) is 11.4 Å². The highest BCUT2D eigenvalue weighted by molar-refractivity contribution is 5.99. The van der Waals surface area contributed by atoms with Gasteiger partial charge in [-0.15, -0.1) is 0 Å². The smallest absolute Gasteiger partial charge is 0.407 e. The second-order valence-corrected chi connectivity index (χ2v) is 10.3. The third-order valence-corrected chi connectivity index (χ3v) is 6.64. The predicted molar refractivity (Wildman–Crippen MR) is 132 cm³/mol. The highest BCUT2D eigenvalue weighted by atomic mass is 16.6. The van der Waals surface area contributed by atoms with E-state index in [4.69, 9.17) is 14.2 Å². The molecule has 0 atom stereocenters. The molecule has 2 N–H and O–H groups in total. The molecular weight excluding hydrogens is 464 g/mol. The average Bonchev–Trinajstić information content (AvgIpc) is 3.18. The van der Waals surface area contributed by atoms with Gasteiger partial charge in [-0.05, 0) is 69.5 Å². The Hall–Kier alpha value is -3.75. The maximum Gasteiger partial charge on any atom is 0.407 e. The minimum absolute atomic E-state index is 0.0394. The number of methoxy groups -OCH3 is 1. The van der Waals surface area contributed by atoms with Gasteiger partial charge in [-0.3, -0.25) is 4.79 Å². The molecule has 0 aromatic heterocycles. The molecule has 2 aromatic carbocycles. The van der Waals surface area contributed by atoms with E-state index in [9.17, 15) is 19.5 Å². The van der Waals surface area contributed by atoms with Crippen LogP contribution >= 0.6 is 0 Å². The fourth-order valence-electron chi connectivity index (χ4n) is 4.75. The molecule has 2 heterocycles. The van der Waals surface area contributed by atoms with Crippen LogP contribution in [0.1, 0.15) is 65.5 Å². The fourth-order valence-corrected chi connectivity index (χ4v) is 4.75. The number of carboxylic acids is 1. The van der Waals surface area contributed by atoms with Crippen LogP contribution in [0.2, 0.25) is 0 Å². The summed E-state index contributed by atoms with van der Waals surface area (Å²) < 4.78 is 16.4. The largest absolute Gasteiger partial charge is 0.496 e. The average molecular weight is 497 g/mol. The summed E-state index contributed by atoms with van der Waals surface area (Å²) in [5, 5.41) is 12.2. The van der Waals surface area contributed by atoms with Crippen molar-refractivity contribution < 1.29 is 33.7 Å². The van der Waals surface area contributed by atoms with Crippen molar-refractivity contribution in [2.75, 3.05) is 26.8 Å². The highest BCUT2D eigenvalue weighted by Crippen LogP contribution is 2.46. The second-order valence-electron chi connectivity index (χ2n) is 10.3. The van der Waals surface area contributed by atoms with Crippen molar-refractivity contribution in [2.45, 2.75) is 51.2 Å². The number of nitrogens with one attached hydrogen (secondary N) is 1. The van der Waals surface area contributed by atoms with E-state index < -0.39 is 17.7 Å². The standard InChI is InChI=1S/C27H32N2O7/c1-26(2,3)36-25(33)28-15-17-5-7-22-20(13-17)27(16-35-22)9-11-29(12-10-27)23(30)18-6-8-21(34-4)19(14-18)24(31)32/h5-8,13-14H,9-12,15-16H2,1-4H3,(H,28,33)(H,31,32). The van der Waals surface area contributed by atoms with Gasteiger partial charge < -0.3 is 29.5 Å². The lowest BCUT2D eigenvalue weighted by Crippen LogP contribution is -2.46. The van der Waals surface area contributed by atoms with E-state index in [-0.39, 0.29) is 22.6 Å². The summed E-state index contributed by atoms with van der Waals surface area (Å²) >= 11 is 0. The number of carbonyl (C=O) groups excluding carboxylic acids is 2. The van der Waals surface area contributed by atoms with Crippen molar-refractivity contribution in [1.82, 2.24) is 10.2 Å². The van der Waals surface area contributed by atoms with Gasteiger partial charge in [0, 0.05) is 36.2 Å². The Morgan fingerprint density at radius 1 is 1.11 bits per heavy atom. The van der Waals surface area contributed by atoms with Crippen molar-refractivity contribution in [1.29, 1.82) is 0 Å². The molecule has 2 aliphatic heterocycles. The summed E-state index contributed by atoms with van der Waals surface area (Å²) in [6.07, 6.45) is 0.971. The van der Waals surface area contributed by atoms with Crippen LogP contribution in [-0.4, -0.2) is 60.4 Å². The van der Waals surface area contributed by atoms with Crippen molar-refractivity contribution in [3.8, 4) is 11.5 Å². The van der Waals surface area contributed by atoms with Gasteiger partial charge in [0.2, 0.25) is 0 Å². The molecule has 9 nitrogen and oxygen atoms in total. The normalized spacial score (nSPS) is 16.2. The number of carbonyl (C=O) groups is 3. The Labute approximate surface area is 210 Å². The number of hydrogen-bond donors (Lipinski definition) is 2. The van der Waals surface area contributed by atoms with Crippen LogP contribution in [0.4, 0.5) is 4.79 Å². The molecule has 1 fully saturated rings. The SMILES string of the molecule is COc1ccc(C(=O)N2CCC3(CC2)COc2ccc(CNC(=O)OC(C)(C)C)cc23)cc1C(=O)O. The summed E-state index contributed by atoms with van der Waals surface area (Å²) in [7, 11) is 1.40. The zero-order chi connectivity index (χ0) is 26.1. The van der Waals surface area contributed by atoms with Crippen LogP contribution < -0.4 is 14.8 Å². The van der Waals surface area contributed by atoms with Gasteiger partial charge in [0.15, 0.2) is 0 Å². The molecule has 0 saturated carbocycles. The van der Waals surface area contributed by atoms with Crippen molar-refractivity contribution >= 4 is 18.0 Å². The molecule has 192 valence electrons. The first kappa shape index (κ1) is 25.3. The number of hydrogen-bond acceptors (Lipinski definition) is 6. The van der Waals surface area contributed by atoms with Crippen LogP contribution in [0.3, 0.4) is 0 Å². The topological polar surface area (TPSA) is 114 Å². The van der Waals surface area contributed by atoms with Crippen LogP contribution in [0.25, 0.3) is 0 Å². The molecule has 1 spiro atoms. The number of benzene rings is 2. The number of nitrogens with zero attached hydrogens (tertiary/aromatic N) is 1. The van der Waals surface area contributed by atoms with Gasteiger partial charge in [-0.1, -0.05) is 6.07 Å². The molecule has 2 aromatic rings. The number of fused-ring (bicyclic) bond motifs is 2. The first-order valence-corrected chi connectivity index (χ1v) is 11.9. The molecule has 36 heavy (non-hydrogen) atoms. The summed E-state index contributed by atoms with van der Waals surface area (Å²) in [6, 6.07) is 10.4. The number of ether oxygens (including phenoxy) is 3. The highest BCUT2D eigenvalue weighted by Gasteiger charge is 2.44. The van der Waals surface area contributed by atoms with Crippen LogP contribution in [-0.2, 0) is 16.7 Å². The quantitative estimate of drug-likeness (QED) is 0.643. The van der Waals surface area contributed by atoms with Gasteiger partial charge in [0.1, 0.15) is 22.7 Å². The number of carboxylic acid groups (broad SMARTS) is 1. The Morgan fingerprint density at radius 2 is 1.83 bits per heavy atom. The molecule has 0 bridgehead atoms. The summed E-state index contributed by atoms with van der Waals surface area (Å²) in [5.74, 6) is -0.300. The van der Waals surface area contributed by atoms with E-state index in [1.54, 1.807) is 11.0 Å². The third kappa shape index (κ3) is 5.24. The Morgan fingerprint density at radius 3 is 2.47 bits per heavy atom. The summed E-state index contributed by atoms with van der Waals surface area (Å²) in [6.45, 7) is 7.39. The van der Waals surface area contributed by atoms with Crippen LogP contribution in [0.5, 0.6) is 11.5 Å². The lowest BCUT2D eigenvalue weighted by atomic mass is 9.74. The molecule has 4 rings (SSSR count). The lowest BCUT2D eigenvalue weighted by molar-refractivity contribution is 0.0522. The third-order valence-electron chi connectivity index (χ3n) is 6.64. The minimum atomic E-state index is -1.14. The lowest BCUT2D eigenvalue weighted by Gasteiger charge is -2.38. The number of aromatic carboxylic acids is 1. The first-order valence-electron chi connectivity index (χ1n) is 11.9. The van der Waals surface area contributed by atoms with E-state index >= 15 is 0 Å². The fraction of sp³-hybridized carbons (Fsp3) is 0.444. The van der Waals surface area contributed by atoms with Gasteiger partial charge in [0.05, 0.1) is 13.7 Å². The maximum atomic E-state index is 13.1. The number of alkyl carbamates (subject to hydrolysis) is 1. The first-order chi connectivity index (χ1) is 17.0. The molecule has 9 heteroatoms. The van der Waals surface area contributed by atoms with Crippen molar-refractivity contribution in [2.24, 2.45) is 0 Å². The molecular formula is C27H32N2O7. The molecule has 1 saturated heterocycles. The zero-order valence-electron chi connectivity index (χ0n) is 21.1. The molecule has 2 aliphatic rings. The monoisotopic (exact) mass is 496 g/mol. The summed E-state index contributed by atoms with van der Waals surface area (Å²) in [4.78, 5) is 38.5. The molecule has 0 radical (unpaired) electrons. The zero-order valence-corrected chi connectivity index (χ0v) is 21.1. The maximum absolute atomic E-state index is 13.1. The van der Waals surface area contributed by atoms with Crippen LogP contribution in [0.15, 0.2) is 36.4 Å². The van der Waals surface area contributed by atoms with Crippen molar-refractivity contribution in [3.05, 3.63) is 58.7 Å².